The molecule has 0 spiro atoms. The average molecular weight is 244 g/mol. The minimum absolute atomic E-state index is 0.0392. The molecule has 0 fully saturated rings. The van der Waals surface area contributed by atoms with Gasteiger partial charge in [0.25, 0.3) is 0 Å². The van der Waals surface area contributed by atoms with Crippen LogP contribution < -0.4 is 5.73 Å². The number of hydrogen-bond donors (Lipinski definition) is 1. The van der Waals surface area contributed by atoms with Crippen molar-refractivity contribution in [2.45, 2.75) is 39.5 Å². The Balaban J connectivity index is 2.44. The number of aromatic nitrogens is 3. The summed E-state index contributed by atoms with van der Waals surface area (Å²) >= 11 is 0. The van der Waals surface area contributed by atoms with Gasteiger partial charge in [0.15, 0.2) is 0 Å². The van der Waals surface area contributed by atoms with Gasteiger partial charge in [0, 0.05) is 17.2 Å². The van der Waals surface area contributed by atoms with E-state index in [9.17, 15) is 0 Å². The number of hydrogen-bond acceptors (Lipinski definition) is 3. The first-order valence-electron chi connectivity index (χ1n) is 6.23. The van der Waals surface area contributed by atoms with Crippen LogP contribution >= 0.6 is 0 Å². The van der Waals surface area contributed by atoms with E-state index >= 15 is 0 Å². The molecule has 2 heterocycles. The summed E-state index contributed by atoms with van der Waals surface area (Å²) in [6.07, 6.45) is 2.82. The highest BCUT2D eigenvalue weighted by Crippen LogP contribution is 2.27. The Bertz CT molecular complexity index is 537. The lowest BCUT2D eigenvalue weighted by Crippen LogP contribution is -2.16. The monoisotopic (exact) mass is 244 g/mol. The topological polar surface area (TPSA) is 56.7 Å². The van der Waals surface area contributed by atoms with Crippen LogP contribution in [0.1, 0.15) is 38.6 Å². The lowest BCUT2D eigenvalue weighted by Gasteiger charge is -2.19. The maximum atomic E-state index is 6.04. The Morgan fingerprint density at radius 3 is 2.61 bits per heavy atom. The van der Waals surface area contributed by atoms with Gasteiger partial charge in [-0.05, 0) is 25.5 Å². The molecular formula is C14H20N4. The van der Waals surface area contributed by atoms with E-state index in [4.69, 9.17) is 5.73 Å². The molecule has 96 valence electrons. The number of rotatable bonds is 3. The first-order valence-corrected chi connectivity index (χ1v) is 6.23. The summed E-state index contributed by atoms with van der Waals surface area (Å²) in [6, 6.07) is 5.89. The number of nitrogens with two attached hydrogens (primary N) is 1. The van der Waals surface area contributed by atoms with Gasteiger partial charge in [-0.25, -0.2) is 4.68 Å². The fourth-order valence-corrected chi connectivity index (χ4v) is 1.70. The van der Waals surface area contributed by atoms with Crippen molar-refractivity contribution in [2.75, 3.05) is 5.73 Å². The third kappa shape index (κ3) is 2.23. The van der Waals surface area contributed by atoms with Crippen LogP contribution in [0, 0.1) is 6.92 Å². The SMILES string of the molecule is CCC(C)(C)c1cc(N)n(-c2ccc(C)nc2)n1. The van der Waals surface area contributed by atoms with Gasteiger partial charge < -0.3 is 5.73 Å². The maximum absolute atomic E-state index is 6.04. The van der Waals surface area contributed by atoms with Crippen molar-refractivity contribution in [2.24, 2.45) is 0 Å². The number of anilines is 1. The standard InChI is InChI=1S/C14H20N4/c1-5-14(3,4)12-8-13(15)18(17-12)11-7-6-10(2)16-9-11/h6-9H,5,15H2,1-4H3. The van der Waals surface area contributed by atoms with Crippen LogP contribution in [0.3, 0.4) is 0 Å². The minimum atomic E-state index is 0.0392. The molecule has 0 saturated carbocycles. The third-order valence-corrected chi connectivity index (χ3v) is 3.45. The summed E-state index contributed by atoms with van der Waals surface area (Å²) in [5, 5.41) is 4.60. The fourth-order valence-electron chi connectivity index (χ4n) is 1.70. The summed E-state index contributed by atoms with van der Waals surface area (Å²) in [6.45, 7) is 8.46. The van der Waals surface area contributed by atoms with Crippen LogP contribution in [-0.4, -0.2) is 14.8 Å². The van der Waals surface area contributed by atoms with Crippen molar-refractivity contribution in [3.05, 3.63) is 35.8 Å². The number of pyridine rings is 1. The summed E-state index contributed by atoms with van der Waals surface area (Å²) in [5.74, 6) is 0.650. The van der Waals surface area contributed by atoms with Crippen LogP contribution in [0.15, 0.2) is 24.4 Å². The Labute approximate surface area is 108 Å². The van der Waals surface area contributed by atoms with Gasteiger partial charge in [-0.2, -0.15) is 5.10 Å². The quantitative estimate of drug-likeness (QED) is 0.903. The third-order valence-electron chi connectivity index (χ3n) is 3.45. The van der Waals surface area contributed by atoms with E-state index < -0.39 is 0 Å². The molecule has 0 aliphatic carbocycles. The van der Waals surface area contributed by atoms with Crippen LogP contribution in [-0.2, 0) is 5.41 Å². The Morgan fingerprint density at radius 2 is 2.06 bits per heavy atom. The van der Waals surface area contributed by atoms with E-state index in [1.807, 2.05) is 25.1 Å². The Hall–Kier alpha value is -1.84. The molecule has 0 bridgehead atoms. The molecule has 0 aliphatic heterocycles. The Morgan fingerprint density at radius 1 is 1.33 bits per heavy atom. The largest absolute Gasteiger partial charge is 0.384 e. The highest BCUT2D eigenvalue weighted by Gasteiger charge is 2.22. The van der Waals surface area contributed by atoms with Gasteiger partial charge in [-0.3, -0.25) is 4.98 Å². The Kier molecular flexibility index (Phi) is 3.11. The maximum Gasteiger partial charge on any atom is 0.127 e. The molecule has 2 rings (SSSR count). The van der Waals surface area contributed by atoms with Crippen molar-refractivity contribution in [1.82, 2.24) is 14.8 Å². The van der Waals surface area contributed by atoms with E-state index in [-0.39, 0.29) is 5.41 Å². The molecule has 0 radical (unpaired) electrons. The highest BCUT2D eigenvalue weighted by atomic mass is 15.3. The average Bonchev–Trinajstić information content (AvgIpc) is 2.73. The summed E-state index contributed by atoms with van der Waals surface area (Å²) in [4.78, 5) is 4.27. The molecule has 0 amide bonds. The summed E-state index contributed by atoms with van der Waals surface area (Å²) < 4.78 is 1.75. The summed E-state index contributed by atoms with van der Waals surface area (Å²) in [5.41, 5.74) is 8.98. The summed E-state index contributed by atoms with van der Waals surface area (Å²) in [7, 11) is 0. The van der Waals surface area contributed by atoms with E-state index in [0.717, 1.165) is 23.5 Å². The molecular weight excluding hydrogens is 224 g/mol. The van der Waals surface area contributed by atoms with Gasteiger partial charge in [0.2, 0.25) is 0 Å². The van der Waals surface area contributed by atoms with Crippen LogP contribution in [0.5, 0.6) is 0 Å². The van der Waals surface area contributed by atoms with Crippen molar-refractivity contribution >= 4 is 5.82 Å². The molecule has 2 N–H and O–H groups in total. The molecule has 2 aromatic rings. The predicted molar refractivity (Wildman–Crippen MR) is 73.8 cm³/mol. The van der Waals surface area contributed by atoms with Gasteiger partial charge in [0.1, 0.15) is 5.82 Å². The van der Waals surface area contributed by atoms with Crippen molar-refractivity contribution in [1.29, 1.82) is 0 Å². The molecule has 2 aromatic heterocycles. The number of nitrogens with zero attached hydrogens (tertiary/aromatic N) is 3. The van der Waals surface area contributed by atoms with E-state index in [0.29, 0.717) is 5.82 Å². The molecule has 0 atom stereocenters. The lowest BCUT2D eigenvalue weighted by molar-refractivity contribution is 0.485. The van der Waals surface area contributed by atoms with Gasteiger partial charge in [0.05, 0.1) is 17.6 Å². The smallest absolute Gasteiger partial charge is 0.127 e. The van der Waals surface area contributed by atoms with Crippen LogP contribution in [0.25, 0.3) is 5.69 Å². The molecule has 4 nitrogen and oxygen atoms in total. The van der Waals surface area contributed by atoms with E-state index in [2.05, 4.69) is 30.9 Å². The number of nitrogen functional groups attached to an aromatic ring is 1. The van der Waals surface area contributed by atoms with Crippen LogP contribution in [0.2, 0.25) is 0 Å². The zero-order valence-electron chi connectivity index (χ0n) is 11.4. The van der Waals surface area contributed by atoms with E-state index in [1.54, 1.807) is 10.9 Å². The molecule has 0 aliphatic rings. The number of aryl methyl sites for hydroxylation is 1. The van der Waals surface area contributed by atoms with Gasteiger partial charge >= 0.3 is 0 Å². The molecule has 18 heavy (non-hydrogen) atoms. The fraction of sp³-hybridized carbons (Fsp3) is 0.429. The van der Waals surface area contributed by atoms with Gasteiger partial charge in [-0.1, -0.05) is 20.8 Å². The minimum Gasteiger partial charge on any atom is -0.384 e. The highest BCUT2D eigenvalue weighted by molar-refractivity contribution is 5.43. The zero-order chi connectivity index (χ0) is 13.3. The van der Waals surface area contributed by atoms with Crippen molar-refractivity contribution < 1.29 is 0 Å². The van der Waals surface area contributed by atoms with E-state index in [1.165, 1.54) is 0 Å². The molecule has 0 saturated heterocycles. The first-order chi connectivity index (χ1) is 8.44. The molecule has 4 heteroatoms. The van der Waals surface area contributed by atoms with Crippen molar-refractivity contribution in [3.8, 4) is 5.69 Å². The molecule has 0 aromatic carbocycles. The normalized spacial score (nSPS) is 11.8. The first kappa shape index (κ1) is 12.6. The zero-order valence-corrected chi connectivity index (χ0v) is 11.4. The van der Waals surface area contributed by atoms with Crippen LogP contribution in [0.4, 0.5) is 5.82 Å². The lowest BCUT2D eigenvalue weighted by atomic mass is 9.87. The second-order valence-electron chi connectivity index (χ2n) is 5.26. The second kappa shape index (κ2) is 4.44. The van der Waals surface area contributed by atoms with Gasteiger partial charge in [-0.15, -0.1) is 0 Å². The molecule has 0 unspecified atom stereocenters. The second-order valence-corrected chi connectivity index (χ2v) is 5.26. The van der Waals surface area contributed by atoms with Crippen molar-refractivity contribution in [3.63, 3.8) is 0 Å². The predicted octanol–water partition coefficient (Wildman–Crippen LogP) is 2.85.